The van der Waals surface area contributed by atoms with Crippen LogP contribution in [0.5, 0.6) is 0 Å². The van der Waals surface area contributed by atoms with Gasteiger partial charge in [0.1, 0.15) is 5.01 Å². The van der Waals surface area contributed by atoms with E-state index in [1.165, 1.54) is 17.4 Å². The number of piperidine rings is 1. The zero-order chi connectivity index (χ0) is 19.4. The molecule has 1 fully saturated rings. The van der Waals surface area contributed by atoms with Gasteiger partial charge in [0.05, 0.1) is 12.0 Å². The smallest absolute Gasteiger partial charge is 0.281 e. The zero-order valence-corrected chi connectivity index (χ0v) is 16.4. The van der Waals surface area contributed by atoms with E-state index in [2.05, 4.69) is 26.9 Å². The summed E-state index contributed by atoms with van der Waals surface area (Å²) in [7, 11) is 2.09. The van der Waals surface area contributed by atoms with Gasteiger partial charge in [0.2, 0.25) is 0 Å². The van der Waals surface area contributed by atoms with Crippen molar-refractivity contribution in [3.8, 4) is 10.6 Å². The topological polar surface area (TPSA) is 68.3 Å². The van der Waals surface area contributed by atoms with Crippen molar-refractivity contribution >= 4 is 27.3 Å². The molecule has 0 aliphatic carbocycles. The van der Waals surface area contributed by atoms with Gasteiger partial charge in [0.15, 0.2) is 21.8 Å². The quantitative estimate of drug-likeness (QED) is 0.519. The van der Waals surface area contributed by atoms with E-state index in [1.54, 1.807) is 27.7 Å². The van der Waals surface area contributed by atoms with Crippen molar-refractivity contribution in [3.63, 3.8) is 0 Å². The second-order valence-corrected chi connectivity index (χ2v) is 8.33. The Morgan fingerprint density at radius 3 is 2.79 bits per heavy atom. The van der Waals surface area contributed by atoms with Crippen LogP contribution in [0.4, 0.5) is 4.39 Å². The summed E-state index contributed by atoms with van der Waals surface area (Å²) in [6, 6.07) is 1.56. The molecular weight excluding hydrogens is 379 g/mol. The minimum Gasteiger partial charge on any atom is -0.306 e. The molecule has 0 saturated carbocycles. The molecule has 0 bridgehead atoms. The van der Waals surface area contributed by atoms with Crippen molar-refractivity contribution < 1.29 is 4.39 Å². The first-order valence-electron chi connectivity index (χ1n) is 9.21. The maximum Gasteiger partial charge on any atom is 0.281 e. The van der Waals surface area contributed by atoms with Gasteiger partial charge in [-0.15, -0.1) is 0 Å². The van der Waals surface area contributed by atoms with E-state index in [0.717, 1.165) is 31.6 Å². The predicted octanol–water partition coefficient (Wildman–Crippen LogP) is 2.88. The average molecular weight is 398 g/mol. The van der Waals surface area contributed by atoms with E-state index in [1.807, 2.05) is 6.92 Å². The Hall–Kier alpha value is -2.65. The van der Waals surface area contributed by atoms with Crippen molar-refractivity contribution in [3.05, 3.63) is 46.7 Å². The molecule has 144 valence electrons. The molecule has 5 heterocycles. The Morgan fingerprint density at radius 1 is 1.21 bits per heavy atom. The van der Waals surface area contributed by atoms with Gasteiger partial charge in [-0.1, -0.05) is 11.3 Å². The third kappa shape index (κ3) is 2.82. The highest BCUT2D eigenvalue weighted by atomic mass is 32.1. The Kier molecular flexibility index (Phi) is 4.02. The number of hydrogen-bond acceptors (Lipinski definition) is 6. The zero-order valence-electron chi connectivity index (χ0n) is 15.6. The first kappa shape index (κ1) is 17.4. The lowest BCUT2D eigenvalue weighted by atomic mass is 10.1. The molecule has 0 spiro atoms. The van der Waals surface area contributed by atoms with E-state index in [9.17, 15) is 9.18 Å². The molecule has 4 aromatic heterocycles. The number of nitrogens with zero attached hydrogens (tertiary/aromatic N) is 6. The summed E-state index contributed by atoms with van der Waals surface area (Å²) in [5.74, 6) is -0.415. The van der Waals surface area contributed by atoms with Crippen LogP contribution in [0.25, 0.3) is 26.6 Å². The number of thiazole rings is 1. The maximum atomic E-state index is 14.4. The molecular formula is C19H19FN6OS. The second kappa shape index (κ2) is 6.46. The van der Waals surface area contributed by atoms with Crippen LogP contribution in [-0.4, -0.2) is 49.0 Å². The lowest BCUT2D eigenvalue weighted by molar-refractivity contribution is 0.218. The summed E-state index contributed by atoms with van der Waals surface area (Å²) in [5, 5.41) is 0.577. The highest BCUT2D eigenvalue weighted by Crippen LogP contribution is 2.29. The van der Waals surface area contributed by atoms with E-state index in [4.69, 9.17) is 0 Å². The Balaban J connectivity index is 1.59. The molecule has 1 aliphatic heterocycles. The van der Waals surface area contributed by atoms with Crippen molar-refractivity contribution in [2.45, 2.75) is 25.8 Å². The molecule has 0 aromatic carbocycles. The molecule has 4 aromatic rings. The van der Waals surface area contributed by atoms with Crippen molar-refractivity contribution in [2.75, 3.05) is 20.1 Å². The highest BCUT2D eigenvalue weighted by Gasteiger charge is 2.22. The van der Waals surface area contributed by atoms with Gasteiger partial charge in [0.25, 0.3) is 5.56 Å². The van der Waals surface area contributed by atoms with Crippen LogP contribution in [0.1, 0.15) is 24.6 Å². The molecule has 9 heteroatoms. The third-order valence-electron chi connectivity index (χ3n) is 5.30. The minimum absolute atomic E-state index is 0.123. The van der Waals surface area contributed by atoms with Gasteiger partial charge in [-0.2, -0.15) is 0 Å². The fraction of sp³-hybridized carbons (Fsp3) is 0.368. The fourth-order valence-corrected chi connectivity index (χ4v) is 4.66. The van der Waals surface area contributed by atoms with Gasteiger partial charge in [-0.25, -0.2) is 19.3 Å². The van der Waals surface area contributed by atoms with E-state index >= 15 is 0 Å². The average Bonchev–Trinajstić information content (AvgIpc) is 3.27. The van der Waals surface area contributed by atoms with E-state index in [-0.39, 0.29) is 17.2 Å². The monoisotopic (exact) mass is 398 g/mol. The number of hydrogen-bond donors (Lipinski definition) is 0. The van der Waals surface area contributed by atoms with Crippen LogP contribution in [0, 0.1) is 12.7 Å². The predicted molar refractivity (Wildman–Crippen MR) is 106 cm³/mol. The molecule has 28 heavy (non-hydrogen) atoms. The lowest BCUT2D eigenvalue weighted by Gasteiger charge is -2.29. The third-order valence-corrected chi connectivity index (χ3v) is 6.31. The van der Waals surface area contributed by atoms with Crippen LogP contribution in [0.3, 0.4) is 0 Å². The van der Waals surface area contributed by atoms with Crippen molar-refractivity contribution in [1.29, 1.82) is 0 Å². The summed E-state index contributed by atoms with van der Waals surface area (Å²) in [6.07, 6.45) is 7.02. The molecule has 5 rings (SSSR count). The first-order chi connectivity index (χ1) is 13.5. The van der Waals surface area contributed by atoms with Gasteiger partial charge >= 0.3 is 0 Å². The van der Waals surface area contributed by atoms with Crippen LogP contribution in [-0.2, 0) is 0 Å². The molecule has 0 atom stereocenters. The maximum absolute atomic E-state index is 14.4. The van der Waals surface area contributed by atoms with Crippen LogP contribution >= 0.6 is 11.3 Å². The fourth-order valence-electron chi connectivity index (χ4n) is 3.78. The van der Waals surface area contributed by atoms with Crippen LogP contribution < -0.4 is 5.56 Å². The standard InChI is InChI=1S/C19H19FN6OS/c1-11-8-25-9-12(7-14(20)16(25)22-11)17-23-15-18(28-17)21-10-26(19(15)27)13-3-5-24(2)6-4-13/h7-10,13H,3-6H2,1-2H3. The summed E-state index contributed by atoms with van der Waals surface area (Å²) >= 11 is 1.30. The number of fused-ring (bicyclic) bond motifs is 2. The van der Waals surface area contributed by atoms with Gasteiger partial charge in [-0.3, -0.25) is 9.36 Å². The van der Waals surface area contributed by atoms with Crippen molar-refractivity contribution in [2.24, 2.45) is 0 Å². The number of halogens is 1. The van der Waals surface area contributed by atoms with Crippen LogP contribution in [0.15, 0.2) is 29.6 Å². The minimum atomic E-state index is -0.415. The number of imidazole rings is 1. The van der Waals surface area contributed by atoms with Gasteiger partial charge in [0, 0.05) is 24.0 Å². The molecule has 0 unspecified atom stereocenters. The molecule has 0 amide bonds. The largest absolute Gasteiger partial charge is 0.306 e. The molecule has 0 radical (unpaired) electrons. The number of aromatic nitrogens is 5. The van der Waals surface area contributed by atoms with Gasteiger partial charge < -0.3 is 9.30 Å². The van der Waals surface area contributed by atoms with Crippen LogP contribution in [0.2, 0.25) is 0 Å². The number of aryl methyl sites for hydroxylation is 1. The second-order valence-electron chi connectivity index (χ2n) is 7.35. The molecule has 7 nitrogen and oxygen atoms in total. The van der Waals surface area contributed by atoms with E-state index < -0.39 is 5.82 Å². The van der Waals surface area contributed by atoms with Crippen molar-refractivity contribution in [1.82, 2.24) is 28.8 Å². The molecule has 1 saturated heterocycles. The number of likely N-dealkylation sites (tertiary alicyclic amines) is 1. The molecule has 0 N–H and O–H groups in total. The summed E-state index contributed by atoms with van der Waals surface area (Å²) < 4.78 is 17.8. The lowest BCUT2D eigenvalue weighted by Crippen LogP contribution is -2.35. The number of rotatable bonds is 2. The highest BCUT2D eigenvalue weighted by molar-refractivity contribution is 7.21. The Bertz CT molecular complexity index is 1250. The molecule has 1 aliphatic rings. The SMILES string of the molecule is Cc1cn2cc(-c3nc4c(=O)n(C5CCN(C)CC5)cnc4s3)cc(F)c2n1. The first-order valence-corrected chi connectivity index (χ1v) is 10.0. The normalized spacial score (nSPS) is 16.4. The Morgan fingerprint density at radius 2 is 2.00 bits per heavy atom. The van der Waals surface area contributed by atoms with E-state index in [0.29, 0.717) is 20.9 Å². The Labute approximate surface area is 164 Å². The summed E-state index contributed by atoms with van der Waals surface area (Å²) in [6.45, 7) is 3.74. The summed E-state index contributed by atoms with van der Waals surface area (Å²) in [4.78, 5) is 29.0. The number of pyridine rings is 1. The summed E-state index contributed by atoms with van der Waals surface area (Å²) in [5.41, 5.74) is 1.86. The van der Waals surface area contributed by atoms with Gasteiger partial charge in [-0.05, 0) is 46.0 Å².